The molecule has 1 atom stereocenters. The number of para-hydroxylation sites is 1. The van der Waals surface area contributed by atoms with Gasteiger partial charge in [-0.3, -0.25) is 4.79 Å². The third kappa shape index (κ3) is 5.33. The summed E-state index contributed by atoms with van der Waals surface area (Å²) in [6, 6.07) is 17.1. The van der Waals surface area contributed by atoms with Crippen molar-refractivity contribution in [3.63, 3.8) is 0 Å². The molecule has 1 heterocycles. The van der Waals surface area contributed by atoms with Crippen molar-refractivity contribution in [3.8, 4) is 0 Å². The van der Waals surface area contributed by atoms with Crippen LogP contribution in [-0.2, 0) is 18.0 Å². The number of hydrogen-bond donors (Lipinski definition) is 1. The first kappa shape index (κ1) is 21.3. The number of aromatic nitrogens is 3. The van der Waals surface area contributed by atoms with E-state index >= 15 is 0 Å². The maximum absolute atomic E-state index is 12.9. The van der Waals surface area contributed by atoms with E-state index in [1.54, 1.807) is 19.1 Å². The van der Waals surface area contributed by atoms with Crippen LogP contribution in [-0.4, -0.2) is 25.9 Å². The van der Waals surface area contributed by atoms with Crippen molar-refractivity contribution in [1.29, 1.82) is 0 Å². The molecule has 5 nitrogen and oxygen atoms in total. The Bertz CT molecular complexity index is 993. The van der Waals surface area contributed by atoms with Crippen molar-refractivity contribution in [2.75, 3.05) is 5.32 Å². The van der Waals surface area contributed by atoms with Gasteiger partial charge in [-0.1, -0.05) is 53.9 Å². The Kier molecular flexibility index (Phi) is 6.53. The predicted molar refractivity (Wildman–Crippen MR) is 107 cm³/mol. The van der Waals surface area contributed by atoms with Crippen LogP contribution in [0.25, 0.3) is 0 Å². The molecule has 0 aliphatic rings. The highest BCUT2D eigenvalue weighted by molar-refractivity contribution is 8.00. The van der Waals surface area contributed by atoms with Crippen LogP contribution in [0.15, 0.2) is 69.5 Å². The van der Waals surface area contributed by atoms with Gasteiger partial charge in [-0.15, -0.1) is 10.2 Å². The van der Waals surface area contributed by atoms with E-state index in [2.05, 4.69) is 15.5 Å². The van der Waals surface area contributed by atoms with E-state index in [9.17, 15) is 18.0 Å². The Labute approximate surface area is 174 Å². The van der Waals surface area contributed by atoms with Crippen LogP contribution in [0.1, 0.15) is 12.7 Å². The Morgan fingerprint density at radius 3 is 2.38 bits per heavy atom. The molecule has 0 saturated carbocycles. The van der Waals surface area contributed by atoms with Gasteiger partial charge in [0.25, 0.3) is 0 Å². The third-order valence-electron chi connectivity index (χ3n) is 3.86. The zero-order valence-corrected chi connectivity index (χ0v) is 17.1. The fourth-order valence-corrected chi connectivity index (χ4v) is 4.12. The van der Waals surface area contributed by atoms with E-state index in [0.717, 1.165) is 26.1 Å². The van der Waals surface area contributed by atoms with Gasteiger partial charge < -0.3 is 9.88 Å². The van der Waals surface area contributed by atoms with Gasteiger partial charge in [0.15, 0.2) is 5.16 Å². The molecule has 0 aliphatic carbocycles. The number of nitrogens with one attached hydrogen (secondary N) is 1. The van der Waals surface area contributed by atoms with Crippen molar-refractivity contribution in [3.05, 3.63) is 60.4 Å². The van der Waals surface area contributed by atoms with Gasteiger partial charge in [0.1, 0.15) is 0 Å². The highest BCUT2D eigenvalue weighted by Gasteiger charge is 2.37. The molecule has 1 unspecified atom stereocenters. The second-order valence-corrected chi connectivity index (χ2v) is 8.45. The number of nitrogens with zero attached hydrogens (tertiary/aromatic N) is 3. The van der Waals surface area contributed by atoms with Crippen molar-refractivity contribution in [2.45, 2.75) is 33.3 Å². The number of thioether (sulfide) groups is 1. The number of benzene rings is 2. The van der Waals surface area contributed by atoms with Crippen LogP contribution in [0.3, 0.4) is 0 Å². The van der Waals surface area contributed by atoms with Crippen molar-refractivity contribution in [1.82, 2.24) is 14.8 Å². The molecule has 0 saturated heterocycles. The minimum Gasteiger partial charge on any atom is -0.324 e. The molecule has 0 bridgehead atoms. The first-order valence-electron chi connectivity index (χ1n) is 8.51. The number of alkyl halides is 3. The van der Waals surface area contributed by atoms with E-state index in [0.29, 0.717) is 5.69 Å². The molecule has 152 valence electrons. The Morgan fingerprint density at radius 1 is 1.07 bits per heavy atom. The highest BCUT2D eigenvalue weighted by Crippen LogP contribution is 2.34. The van der Waals surface area contributed by atoms with Crippen LogP contribution < -0.4 is 5.32 Å². The first-order chi connectivity index (χ1) is 13.8. The number of carbonyl (C=O) groups is 1. The van der Waals surface area contributed by atoms with Crippen molar-refractivity contribution < 1.29 is 18.0 Å². The molecule has 3 aromatic rings. The molecule has 1 N–H and O–H groups in total. The molecule has 10 heteroatoms. The summed E-state index contributed by atoms with van der Waals surface area (Å²) >= 11 is 2.42. The summed E-state index contributed by atoms with van der Waals surface area (Å²) in [5.41, 5.74) is 0.632. The van der Waals surface area contributed by atoms with Crippen LogP contribution in [0.2, 0.25) is 0 Å². The van der Waals surface area contributed by atoms with Crippen molar-refractivity contribution in [2.24, 2.45) is 7.05 Å². The van der Waals surface area contributed by atoms with Crippen molar-refractivity contribution >= 4 is 35.1 Å². The van der Waals surface area contributed by atoms with Gasteiger partial charge in [0.2, 0.25) is 11.7 Å². The first-order valence-corrected chi connectivity index (χ1v) is 10.2. The van der Waals surface area contributed by atoms with E-state index in [-0.39, 0.29) is 11.1 Å². The monoisotopic (exact) mass is 438 g/mol. The van der Waals surface area contributed by atoms with E-state index < -0.39 is 17.3 Å². The molecule has 0 radical (unpaired) electrons. The summed E-state index contributed by atoms with van der Waals surface area (Å²) in [6.45, 7) is 1.61. The fourth-order valence-electron chi connectivity index (χ4n) is 2.38. The SMILES string of the molecule is CC(Sc1nnc(C(F)(F)F)n1C)C(=O)Nc1ccccc1Sc1ccccc1. The smallest absolute Gasteiger partial charge is 0.324 e. The van der Waals surface area contributed by atoms with E-state index in [1.165, 1.54) is 18.8 Å². The number of carbonyl (C=O) groups excluding carboxylic acids is 1. The lowest BCUT2D eigenvalue weighted by Crippen LogP contribution is -2.23. The zero-order valence-electron chi connectivity index (χ0n) is 15.5. The average molecular weight is 439 g/mol. The zero-order chi connectivity index (χ0) is 21.0. The average Bonchev–Trinajstić information content (AvgIpc) is 3.05. The minimum atomic E-state index is -4.60. The fraction of sp³-hybridized carbons (Fsp3) is 0.211. The van der Waals surface area contributed by atoms with Gasteiger partial charge in [0.05, 0.1) is 10.9 Å². The second kappa shape index (κ2) is 8.91. The maximum Gasteiger partial charge on any atom is 0.451 e. The Hall–Kier alpha value is -2.46. The van der Waals surface area contributed by atoms with Crippen LogP contribution in [0.5, 0.6) is 0 Å². The third-order valence-corrected chi connectivity index (χ3v) is 6.07. The predicted octanol–water partition coefficient (Wildman–Crippen LogP) is 5.10. The second-order valence-electron chi connectivity index (χ2n) is 6.02. The number of hydrogen-bond acceptors (Lipinski definition) is 5. The summed E-state index contributed by atoms with van der Waals surface area (Å²) in [4.78, 5) is 14.5. The van der Waals surface area contributed by atoms with Gasteiger partial charge in [0, 0.05) is 16.8 Å². The summed E-state index contributed by atoms with van der Waals surface area (Å²) in [7, 11) is 1.22. The molecule has 3 rings (SSSR count). The minimum absolute atomic E-state index is 0.0203. The van der Waals surface area contributed by atoms with Crippen LogP contribution in [0, 0.1) is 0 Å². The Morgan fingerprint density at radius 2 is 1.72 bits per heavy atom. The standard InChI is InChI=1S/C19H17F3N4OS2/c1-12(28-18-25-24-17(26(18)2)19(20,21)22)16(27)23-14-10-6-7-11-15(14)29-13-8-4-3-5-9-13/h3-12H,1-2H3,(H,23,27). The van der Waals surface area contributed by atoms with Gasteiger partial charge in [-0.25, -0.2) is 0 Å². The van der Waals surface area contributed by atoms with Gasteiger partial charge >= 0.3 is 6.18 Å². The lowest BCUT2D eigenvalue weighted by molar-refractivity contribution is -0.147. The number of halogens is 3. The molecule has 1 aromatic heterocycles. The highest BCUT2D eigenvalue weighted by atomic mass is 32.2. The molecule has 29 heavy (non-hydrogen) atoms. The summed E-state index contributed by atoms with van der Waals surface area (Å²) in [5.74, 6) is -1.44. The quantitative estimate of drug-likeness (QED) is 0.543. The molecule has 1 amide bonds. The number of amides is 1. The van der Waals surface area contributed by atoms with Gasteiger partial charge in [-0.05, 0) is 31.2 Å². The molecular formula is C19H17F3N4OS2. The van der Waals surface area contributed by atoms with E-state index in [1.807, 2.05) is 42.5 Å². The summed E-state index contributed by atoms with van der Waals surface area (Å²) < 4.78 is 39.4. The maximum atomic E-state index is 12.9. The lowest BCUT2D eigenvalue weighted by atomic mass is 10.3. The molecule has 0 spiro atoms. The summed E-state index contributed by atoms with van der Waals surface area (Å²) in [5, 5.41) is 8.93. The topological polar surface area (TPSA) is 59.8 Å². The number of rotatable bonds is 6. The molecule has 0 fully saturated rings. The van der Waals surface area contributed by atoms with Crippen LogP contribution in [0.4, 0.5) is 18.9 Å². The lowest BCUT2D eigenvalue weighted by Gasteiger charge is -2.14. The summed E-state index contributed by atoms with van der Waals surface area (Å²) in [6.07, 6.45) is -4.60. The van der Waals surface area contributed by atoms with Gasteiger partial charge in [-0.2, -0.15) is 13.2 Å². The van der Waals surface area contributed by atoms with Crippen LogP contribution >= 0.6 is 23.5 Å². The normalized spacial score (nSPS) is 12.6. The molecule has 2 aromatic carbocycles. The largest absolute Gasteiger partial charge is 0.451 e. The number of anilines is 1. The Balaban J connectivity index is 1.70. The molecular weight excluding hydrogens is 421 g/mol. The molecule has 0 aliphatic heterocycles. The van der Waals surface area contributed by atoms with E-state index in [4.69, 9.17) is 0 Å².